The molecule has 18 heavy (non-hydrogen) atoms. The number of rotatable bonds is 3. The van der Waals surface area contributed by atoms with E-state index in [0.29, 0.717) is 0 Å². The molecule has 2 aliphatic rings. The van der Waals surface area contributed by atoms with Crippen molar-refractivity contribution >= 4 is 0 Å². The number of nitrogens with zero attached hydrogens (tertiary/aromatic N) is 1. The Labute approximate surface area is 110 Å². The van der Waals surface area contributed by atoms with Crippen LogP contribution in [0.25, 0.3) is 0 Å². The molecule has 0 amide bonds. The third-order valence-electron chi connectivity index (χ3n) is 4.76. The second-order valence-corrected chi connectivity index (χ2v) is 5.97. The number of nitrogens with two attached hydrogens (primary N) is 1. The van der Waals surface area contributed by atoms with Crippen LogP contribution in [0.2, 0.25) is 0 Å². The summed E-state index contributed by atoms with van der Waals surface area (Å²) in [5, 5.41) is 0. The average molecular weight is 244 g/mol. The van der Waals surface area contributed by atoms with Gasteiger partial charge in [-0.3, -0.25) is 4.90 Å². The van der Waals surface area contributed by atoms with Crippen molar-refractivity contribution in [2.75, 3.05) is 6.54 Å². The van der Waals surface area contributed by atoms with Crippen LogP contribution in [-0.4, -0.2) is 23.5 Å². The fourth-order valence-electron chi connectivity index (χ4n) is 3.84. The highest BCUT2D eigenvalue weighted by atomic mass is 15.2. The lowest BCUT2D eigenvalue weighted by Gasteiger charge is -2.49. The summed E-state index contributed by atoms with van der Waals surface area (Å²) < 4.78 is 0. The highest BCUT2D eigenvalue weighted by molar-refractivity contribution is 5.15. The molecule has 2 heteroatoms. The molecular weight excluding hydrogens is 220 g/mol. The summed E-state index contributed by atoms with van der Waals surface area (Å²) in [5.74, 6) is 0.771. The average Bonchev–Trinajstić information content (AvgIpc) is 2.39. The first-order valence-electron chi connectivity index (χ1n) is 7.36. The molecule has 3 rings (SSSR count). The van der Waals surface area contributed by atoms with Gasteiger partial charge in [0.05, 0.1) is 0 Å². The minimum absolute atomic E-state index is 0.771. The van der Waals surface area contributed by atoms with Crippen molar-refractivity contribution in [3.05, 3.63) is 35.9 Å². The van der Waals surface area contributed by atoms with E-state index in [4.69, 9.17) is 5.73 Å². The summed E-state index contributed by atoms with van der Waals surface area (Å²) in [4.78, 5) is 2.75. The van der Waals surface area contributed by atoms with Crippen molar-refractivity contribution in [3.8, 4) is 0 Å². The van der Waals surface area contributed by atoms with Gasteiger partial charge in [-0.1, -0.05) is 36.8 Å². The van der Waals surface area contributed by atoms with Crippen molar-refractivity contribution in [2.24, 2.45) is 11.7 Å². The van der Waals surface area contributed by atoms with Gasteiger partial charge in [0.1, 0.15) is 0 Å². The Kier molecular flexibility index (Phi) is 3.67. The van der Waals surface area contributed by atoms with Gasteiger partial charge >= 0.3 is 0 Å². The Balaban J connectivity index is 1.72. The summed E-state index contributed by atoms with van der Waals surface area (Å²) in [6.45, 7) is 2.01. The molecule has 0 spiro atoms. The molecule has 2 atom stereocenters. The molecule has 2 fully saturated rings. The van der Waals surface area contributed by atoms with E-state index in [1.54, 1.807) is 0 Å². The maximum atomic E-state index is 5.89. The van der Waals surface area contributed by atoms with Crippen LogP contribution >= 0.6 is 0 Å². The molecule has 98 valence electrons. The molecule has 2 saturated heterocycles. The number of hydrogen-bond acceptors (Lipinski definition) is 2. The van der Waals surface area contributed by atoms with E-state index in [9.17, 15) is 0 Å². The van der Waals surface area contributed by atoms with Crippen LogP contribution in [-0.2, 0) is 6.54 Å². The fourth-order valence-corrected chi connectivity index (χ4v) is 3.84. The van der Waals surface area contributed by atoms with Gasteiger partial charge in [0, 0.05) is 18.6 Å². The van der Waals surface area contributed by atoms with Crippen LogP contribution in [0.3, 0.4) is 0 Å². The van der Waals surface area contributed by atoms with Crippen LogP contribution < -0.4 is 5.73 Å². The number of benzene rings is 1. The monoisotopic (exact) mass is 244 g/mol. The Morgan fingerprint density at radius 2 is 1.72 bits per heavy atom. The van der Waals surface area contributed by atoms with Gasteiger partial charge in [0.2, 0.25) is 0 Å². The third kappa shape index (κ3) is 2.45. The SMILES string of the molecule is NCC1C[C@H]2CCC[C@H](C1)N2Cc1ccccc1. The van der Waals surface area contributed by atoms with Gasteiger partial charge < -0.3 is 5.73 Å². The molecular formula is C16H24N2. The largest absolute Gasteiger partial charge is 0.330 e. The summed E-state index contributed by atoms with van der Waals surface area (Å²) >= 11 is 0. The predicted molar refractivity (Wildman–Crippen MR) is 75.2 cm³/mol. The lowest BCUT2D eigenvalue weighted by atomic mass is 9.78. The van der Waals surface area contributed by atoms with E-state index < -0.39 is 0 Å². The normalized spacial score (nSPS) is 32.4. The molecule has 2 N–H and O–H groups in total. The second kappa shape index (κ2) is 5.41. The van der Waals surface area contributed by atoms with Gasteiger partial charge in [-0.25, -0.2) is 0 Å². The maximum absolute atomic E-state index is 5.89. The highest BCUT2D eigenvalue weighted by Gasteiger charge is 2.37. The van der Waals surface area contributed by atoms with Gasteiger partial charge in [0.25, 0.3) is 0 Å². The number of hydrogen-bond donors (Lipinski definition) is 1. The van der Waals surface area contributed by atoms with Gasteiger partial charge in [-0.2, -0.15) is 0 Å². The molecule has 0 saturated carbocycles. The van der Waals surface area contributed by atoms with Gasteiger partial charge in [0.15, 0.2) is 0 Å². The first-order valence-corrected chi connectivity index (χ1v) is 7.36. The lowest BCUT2D eigenvalue weighted by Crippen LogP contribution is -2.52. The smallest absolute Gasteiger partial charge is 0.0239 e. The summed E-state index contributed by atoms with van der Waals surface area (Å²) in [6, 6.07) is 12.5. The van der Waals surface area contributed by atoms with Gasteiger partial charge in [-0.05, 0) is 43.7 Å². The molecule has 0 radical (unpaired) electrons. The van der Waals surface area contributed by atoms with E-state index >= 15 is 0 Å². The molecule has 2 aliphatic heterocycles. The minimum atomic E-state index is 0.771. The van der Waals surface area contributed by atoms with Crippen molar-refractivity contribution in [1.29, 1.82) is 0 Å². The Morgan fingerprint density at radius 3 is 2.33 bits per heavy atom. The summed E-state index contributed by atoms with van der Waals surface area (Å²) in [5.41, 5.74) is 7.34. The molecule has 1 aromatic carbocycles. The third-order valence-corrected chi connectivity index (χ3v) is 4.76. The fraction of sp³-hybridized carbons (Fsp3) is 0.625. The summed E-state index contributed by atoms with van der Waals surface area (Å²) in [7, 11) is 0. The maximum Gasteiger partial charge on any atom is 0.0239 e. The quantitative estimate of drug-likeness (QED) is 0.886. The Bertz CT molecular complexity index is 362. The van der Waals surface area contributed by atoms with E-state index in [2.05, 4.69) is 35.2 Å². The zero-order chi connectivity index (χ0) is 12.4. The first kappa shape index (κ1) is 12.2. The minimum Gasteiger partial charge on any atom is -0.330 e. The standard InChI is InChI=1S/C16H24N2/c17-11-14-9-15-7-4-8-16(10-14)18(15)12-13-5-2-1-3-6-13/h1-3,5-6,14-16H,4,7-12,17H2/t15-,16-/m1/s1. The van der Waals surface area contributed by atoms with Gasteiger partial charge in [-0.15, -0.1) is 0 Å². The zero-order valence-electron chi connectivity index (χ0n) is 11.1. The van der Waals surface area contributed by atoms with Crippen LogP contribution in [0.1, 0.15) is 37.7 Å². The molecule has 0 unspecified atom stereocenters. The predicted octanol–water partition coefficient (Wildman–Crippen LogP) is 2.78. The second-order valence-electron chi connectivity index (χ2n) is 5.97. The van der Waals surface area contributed by atoms with E-state index in [1.165, 1.54) is 37.7 Å². The Hall–Kier alpha value is -0.860. The van der Waals surface area contributed by atoms with Crippen LogP contribution in [0.4, 0.5) is 0 Å². The highest BCUT2D eigenvalue weighted by Crippen LogP contribution is 2.37. The first-order chi connectivity index (χ1) is 8.86. The zero-order valence-corrected chi connectivity index (χ0v) is 11.1. The van der Waals surface area contributed by atoms with E-state index in [-0.39, 0.29) is 0 Å². The number of piperidine rings is 2. The van der Waals surface area contributed by atoms with Crippen LogP contribution in [0.5, 0.6) is 0 Å². The summed E-state index contributed by atoms with van der Waals surface area (Å²) in [6.07, 6.45) is 6.80. The molecule has 0 aliphatic carbocycles. The molecule has 2 nitrogen and oxygen atoms in total. The Morgan fingerprint density at radius 1 is 1.06 bits per heavy atom. The van der Waals surface area contributed by atoms with Crippen molar-refractivity contribution in [2.45, 2.75) is 50.7 Å². The van der Waals surface area contributed by atoms with E-state index in [0.717, 1.165) is 31.1 Å². The topological polar surface area (TPSA) is 29.3 Å². The lowest BCUT2D eigenvalue weighted by molar-refractivity contribution is 0.00889. The molecule has 2 heterocycles. The van der Waals surface area contributed by atoms with Crippen molar-refractivity contribution < 1.29 is 0 Å². The van der Waals surface area contributed by atoms with E-state index in [1.807, 2.05) is 0 Å². The number of fused-ring (bicyclic) bond motifs is 2. The molecule has 2 bridgehead atoms. The van der Waals surface area contributed by atoms with Crippen molar-refractivity contribution in [1.82, 2.24) is 4.90 Å². The van der Waals surface area contributed by atoms with Crippen LogP contribution in [0, 0.1) is 5.92 Å². The van der Waals surface area contributed by atoms with Crippen LogP contribution in [0.15, 0.2) is 30.3 Å². The molecule has 1 aromatic rings. The molecule has 0 aromatic heterocycles. The van der Waals surface area contributed by atoms with Crippen molar-refractivity contribution in [3.63, 3.8) is 0 Å².